The molecule has 0 bridgehead atoms. The van der Waals surface area contributed by atoms with Crippen LogP contribution < -0.4 is 11.5 Å². The van der Waals surface area contributed by atoms with Gasteiger partial charge in [-0.1, -0.05) is 174 Å². The molecular formula is C64H100N14O2. The Morgan fingerprint density at radius 3 is 1.05 bits per heavy atom. The zero-order chi connectivity index (χ0) is 58.6. The second-order valence-electron chi connectivity index (χ2n) is 24.3. The molecule has 16 heteroatoms. The van der Waals surface area contributed by atoms with Crippen molar-refractivity contribution in [3.63, 3.8) is 0 Å². The molecule has 4 unspecified atom stereocenters. The van der Waals surface area contributed by atoms with Gasteiger partial charge in [0, 0.05) is 54.2 Å². The topological polar surface area (TPSA) is 204 Å². The van der Waals surface area contributed by atoms with Crippen LogP contribution in [0.15, 0.2) is 81.4 Å². The van der Waals surface area contributed by atoms with Crippen LogP contribution in [0.25, 0.3) is 11.6 Å². The van der Waals surface area contributed by atoms with Crippen molar-refractivity contribution in [2.45, 2.75) is 210 Å². The summed E-state index contributed by atoms with van der Waals surface area (Å²) in [5.41, 5.74) is 17.4. The molecule has 4 N–H and O–H groups in total. The van der Waals surface area contributed by atoms with Crippen molar-refractivity contribution in [3.05, 3.63) is 83.4 Å². The van der Waals surface area contributed by atoms with Crippen molar-refractivity contribution in [2.75, 3.05) is 37.6 Å². The maximum atomic E-state index is 14.2. The maximum absolute atomic E-state index is 14.2. The lowest BCUT2D eigenvalue weighted by Crippen LogP contribution is -2.39. The second-order valence-corrected chi connectivity index (χ2v) is 24.3. The summed E-state index contributed by atoms with van der Waals surface area (Å²) in [6.07, 6.45) is 19.4. The highest BCUT2D eigenvalue weighted by molar-refractivity contribution is 5.95. The Hall–Kier alpha value is -6.32. The third kappa shape index (κ3) is 17.8. The summed E-state index contributed by atoms with van der Waals surface area (Å²) in [6.45, 7) is 33.2. The van der Waals surface area contributed by atoms with Crippen molar-refractivity contribution in [3.8, 4) is 11.6 Å². The van der Waals surface area contributed by atoms with E-state index in [1.807, 2.05) is 90.1 Å². The summed E-state index contributed by atoms with van der Waals surface area (Å²) in [4.78, 5) is 41.9. The highest BCUT2D eigenvalue weighted by atomic mass is 16.2. The molecule has 0 saturated heterocycles. The molecule has 0 aliphatic carbocycles. The molecule has 2 aromatic carbocycles. The number of amides is 2. The molecule has 80 heavy (non-hydrogen) atoms. The van der Waals surface area contributed by atoms with Gasteiger partial charge in [-0.05, 0) is 97.9 Å². The van der Waals surface area contributed by atoms with Crippen molar-refractivity contribution < 1.29 is 9.59 Å². The Labute approximate surface area is 480 Å². The number of anilines is 2. The van der Waals surface area contributed by atoms with E-state index >= 15 is 0 Å². The van der Waals surface area contributed by atoms with Crippen LogP contribution in [0.5, 0.6) is 0 Å². The van der Waals surface area contributed by atoms with Gasteiger partial charge in [-0.15, -0.1) is 10.2 Å². The molecule has 4 atom stereocenters. The largest absolute Gasteiger partial charge is 0.382 e. The molecule has 3 aromatic heterocycles. The van der Waals surface area contributed by atoms with Crippen molar-refractivity contribution in [2.24, 2.45) is 44.1 Å². The smallest absolute Gasteiger partial charge is 0.253 e. The molecule has 0 aliphatic rings. The number of benzene rings is 2. The molecule has 16 nitrogen and oxygen atoms in total. The van der Waals surface area contributed by atoms with Gasteiger partial charge in [0.15, 0.2) is 34.6 Å². The van der Waals surface area contributed by atoms with Gasteiger partial charge in [0.2, 0.25) is 0 Å². The summed E-state index contributed by atoms with van der Waals surface area (Å²) < 4.78 is 3.07. The van der Waals surface area contributed by atoms with Gasteiger partial charge in [-0.3, -0.25) is 9.59 Å². The minimum atomic E-state index is -0.479. The molecule has 0 aliphatic heterocycles. The standard InChI is InChI=1S/C64H100N14O2/c1-15-23-27-45(19-5)40-75(41-46(20-6)28-24-16-2)61(79)49-31-35-51(36-32-49)69-71-55-57(63(9,10)11)73-77(59(55)65)53-39-54(68-44-67-53)78-60(66)56(58(74-78)64(12,13)14)72-70-52-37-33-50(34-38-52)62(80)76(42-47(21-7)29-25-17-3)43-48(22-8)30-26-18-4/h31-39,44-48H,15-30,40-43,65-66H2,1-14H3/b71-69+,72-70+. The fourth-order valence-corrected chi connectivity index (χ4v) is 10.3. The number of azo groups is 2. The quantitative estimate of drug-likeness (QED) is 0.0396. The molecule has 5 rings (SSSR count). The Morgan fingerprint density at radius 1 is 0.487 bits per heavy atom. The van der Waals surface area contributed by atoms with Gasteiger partial charge in [0.25, 0.3) is 11.8 Å². The van der Waals surface area contributed by atoms with Crippen molar-refractivity contribution in [1.82, 2.24) is 39.3 Å². The van der Waals surface area contributed by atoms with E-state index in [9.17, 15) is 9.59 Å². The fraction of sp³-hybridized carbons (Fsp3) is 0.625. The van der Waals surface area contributed by atoms with E-state index in [1.54, 1.807) is 6.07 Å². The number of carbonyl (C=O) groups excluding carboxylic acids is 2. The maximum Gasteiger partial charge on any atom is 0.253 e. The van der Waals surface area contributed by atoms with Crippen LogP contribution in [-0.4, -0.2) is 77.3 Å². The van der Waals surface area contributed by atoms with Crippen LogP contribution >= 0.6 is 0 Å². The van der Waals surface area contributed by atoms with Gasteiger partial charge in [-0.25, -0.2) is 9.97 Å². The number of nitrogens with two attached hydrogens (primary N) is 2. The minimum absolute atomic E-state index is 0.0596. The van der Waals surface area contributed by atoms with Crippen LogP contribution in [-0.2, 0) is 10.8 Å². The van der Waals surface area contributed by atoms with Crippen LogP contribution in [0.2, 0.25) is 0 Å². The third-order valence-electron chi connectivity index (χ3n) is 15.7. The monoisotopic (exact) mass is 1100 g/mol. The molecule has 438 valence electrons. The Kier molecular flexibility index (Phi) is 25.0. The molecule has 0 radical (unpaired) electrons. The third-order valence-corrected chi connectivity index (χ3v) is 15.7. The second kappa shape index (κ2) is 31.0. The van der Waals surface area contributed by atoms with Crippen molar-refractivity contribution >= 4 is 46.2 Å². The van der Waals surface area contributed by atoms with Gasteiger partial charge in [0.1, 0.15) is 6.33 Å². The number of unbranched alkanes of at least 4 members (excludes halogenated alkanes) is 4. The van der Waals surface area contributed by atoms with Gasteiger partial charge >= 0.3 is 0 Å². The number of carbonyl (C=O) groups is 2. The molecule has 5 aromatic rings. The van der Waals surface area contributed by atoms with Crippen LogP contribution in [0.4, 0.5) is 34.4 Å². The van der Waals surface area contributed by atoms with Crippen LogP contribution in [0.3, 0.4) is 0 Å². The summed E-state index contributed by atoms with van der Waals surface area (Å²) in [7, 11) is 0. The Morgan fingerprint density at radius 2 is 0.787 bits per heavy atom. The van der Waals surface area contributed by atoms with E-state index in [-0.39, 0.29) is 23.5 Å². The lowest BCUT2D eigenvalue weighted by molar-refractivity contribution is 0.0678. The lowest BCUT2D eigenvalue weighted by atomic mass is 9.91. The first-order valence-corrected chi connectivity index (χ1v) is 30.5. The first-order valence-electron chi connectivity index (χ1n) is 30.5. The lowest BCUT2D eigenvalue weighted by Gasteiger charge is -2.31. The molecule has 0 fully saturated rings. The van der Waals surface area contributed by atoms with Crippen molar-refractivity contribution in [1.29, 1.82) is 0 Å². The van der Waals surface area contributed by atoms with Gasteiger partial charge in [-0.2, -0.15) is 29.8 Å². The predicted octanol–water partition coefficient (Wildman–Crippen LogP) is 17.2. The van der Waals surface area contributed by atoms with E-state index in [0.29, 0.717) is 80.6 Å². The molecular weight excluding hydrogens is 997 g/mol. The van der Waals surface area contributed by atoms with E-state index in [0.717, 1.165) is 103 Å². The normalized spacial score (nSPS) is 13.8. The average Bonchev–Trinajstić information content (AvgIpc) is 4.01. The summed E-state index contributed by atoms with van der Waals surface area (Å²) in [6, 6.07) is 16.5. The van der Waals surface area contributed by atoms with Gasteiger partial charge in [0.05, 0.1) is 22.8 Å². The summed E-state index contributed by atoms with van der Waals surface area (Å²) >= 11 is 0. The molecule has 3 heterocycles. The summed E-state index contributed by atoms with van der Waals surface area (Å²) in [5, 5.41) is 28.6. The SMILES string of the molecule is CCCCC(CC)CN(CC(CC)CCCC)C(=O)c1ccc(/N=N/c2c(C(C)(C)C)nn(-c3cc(-n4nc(C(C)(C)C)c(/N=N/c5ccc(C(=O)N(CC(CC)CCCC)CC(CC)CCCC)cc5)c4N)ncn3)c2N)cc1. The number of nitrogens with zero attached hydrogens (tertiary/aromatic N) is 12. The highest BCUT2D eigenvalue weighted by Gasteiger charge is 2.31. The number of hydrogen-bond donors (Lipinski definition) is 2. The molecule has 0 spiro atoms. The Balaban J connectivity index is 1.41. The van der Waals surface area contributed by atoms with Crippen LogP contribution in [0, 0.1) is 23.7 Å². The van der Waals surface area contributed by atoms with Crippen LogP contribution in [0.1, 0.15) is 232 Å². The minimum Gasteiger partial charge on any atom is -0.382 e. The van der Waals surface area contributed by atoms with E-state index in [4.69, 9.17) is 31.9 Å². The van der Waals surface area contributed by atoms with E-state index in [1.165, 1.54) is 41.4 Å². The zero-order valence-corrected chi connectivity index (χ0v) is 51.6. The van der Waals surface area contributed by atoms with Gasteiger partial charge < -0.3 is 21.3 Å². The fourth-order valence-electron chi connectivity index (χ4n) is 10.3. The summed E-state index contributed by atoms with van der Waals surface area (Å²) in [5.74, 6) is 3.22. The molecule has 0 saturated carbocycles. The zero-order valence-electron chi connectivity index (χ0n) is 51.6. The number of hydrogen-bond acceptors (Lipinski definition) is 12. The highest BCUT2D eigenvalue weighted by Crippen LogP contribution is 2.40. The number of aromatic nitrogens is 6. The first kappa shape index (κ1) is 64.5. The van der Waals surface area contributed by atoms with E-state index < -0.39 is 10.8 Å². The number of rotatable bonds is 32. The predicted molar refractivity (Wildman–Crippen MR) is 329 cm³/mol. The number of nitrogen functional groups attached to an aromatic ring is 2. The Bertz CT molecular complexity index is 2530. The molecule has 2 amide bonds. The average molecular weight is 1100 g/mol. The first-order chi connectivity index (χ1) is 38.2. The van der Waals surface area contributed by atoms with E-state index in [2.05, 4.69) is 85.4 Å².